The van der Waals surface area contributed by atoms with Gasteiger partial charge in [-0.15, -0.1) is 0 Å². The van der Waals surface area contributed by atoms with Gasteiger partial charge < -0.3 is 35.9 Å². The molecule has 2 aromatic rings. The number of aromatic nitrogens is 3. The van der Waals surface area contributed by atoms with Crippen molar-refractivity contribution in [3.05, 3.63) is 59.3 Å². The molecule has 5 rings (SSSR count). The second kappa shape index (κ2) is 10.2. The fourth-order valence-corrected chi connectivity index (χ4v) is 4.57. The molecule has 2 aromatic carbocycles. The smallest absolute Gasteiger partial charge is 0.253 e. The minimum absolute atomic E-state index is 0.00149. The summed E-state index contributed by atoms with van der Waals surface area (Å²) < 4.78 is 34.6. The molecule has 3 aliphatic heterocycles. The van der Waals surface area contributed by atoms with Gasteiger partial charge in [0.2, 0.25) is 11.9 Å². The van der Waals surface area contributed by atoms with E-state index in [9.17, 15) is 18.4 Å². The first kappa shape index (κ1) is 25.9. The van der Waals surface area contributed by atoms with Crippen molar-refractivity contribution in [1.29, 1.82) is 0 Å². The standard InChI is InChI=1S/C26H26F2N8O3/c1-35(2)12-20(37)36-8-7-13-9-19(39-3)17(10-18(13)36)32-26-33-24-22(15(28)11-30-24)25(34-26)31-16-6-4-5-14(27)21(16)23(29)38/h4-6,9-11H,7-8,12H2,1-3H3,(H2,29,38)(H3,30,31,32,33,34). The first-order chi connectivity index (χ1) is 18.7. The summed E-state index contributed by atoms with van der Waals surface area (Å²) in [5, 5.41) is 5.94. The molecular weight excluding hydrogens is 510 g/mol. The molecule has 0 radical (unpaired) electrons. The number of nitrogens with zero attached hydrogens (tertiary/aromatic N) is 4. The minimum Gasteiger partial charge on any atom is -0.495 e. The second-order valence-corrected chi connectivity index (χ2v) is 9.25. The van der Waals surface area contributed by atoms with Gasteiger partial charge in [0.1, 0.15) is 23.2 Å². The molecular formula is C26H26F2N8O3. The lowest BCUT2D eigenvalue weighted by Gasteiger charge is -2.21. The molecule has 0 unspecified atom stereocenters. The number of likely N-dealkylation sites (N-methyl/N-ethyl adjacent to an activating group) is 1. The molecule has 0 spiro atoms. The number of carbonyl (C=O) groups is 2. The van der Waals surface area contributed by atoms with Crippen molar-refractivity contribution in [1.82, 2.24) is 19.9 Å². The predicted octanol–water partition coefficient (Wildman–Crippen LogP) is 3.23. The monoisotopic (exact) mass is 536 g/mol. The summed E-state index contributed by atoms with van der Waals surface area (Å²) in [6.07, 6.45) is 1.70. The van der Waals surface area contributed by atoms with E-state index >= 15 is 0 Å². The number of carbonyl (C=O) groups excluding carboxylic acids is 2. The average molecular weight is 537 g/mol. The highest BCUT2D eigenvalue weighted by Crippen LogP contribution is 2.40. The van der Waals surface area contributed by atoms with E-state index in [2.05, 4.69) is 25.6 Å². The zero-order valence-electron chi connectivity index (χ0n) is 21.4. The van der Waals surface area contributed by atoms with E-state index in [1.165, 1.54) is 19.2 Å². The maximum Gasteiger partial charge on any atom is 0.253 e. The van der Waals surface area contributed by atoms with Crippen LogP contribution in [0.15, 0.2) is 36.5 Å². The Morgan fingerprint density at radius 1 is 1.18 bits per heavy atom. The predicted molar refractivity (Wildman–Crippen MR) is 142 cm³/mol. The van der Waals surface area contributed by atoms with E-state index < -0.39 is 23.1 Å². The first-order valence-corrected chi connectivity index (χ1v) is 12.0. The highest BCUT2D eigenvalue weighted by molar-refractivity contribution is 6.00. The van der Waals surface area contributed by atoms with Crippen LogP contribution in [0.4, 0.5) is 37.6 Å². The number of amides is 2. The summed E-state index contributed by atoms with van der Waals surface area (Å²) in [6.45, 7) is 0.808. The highest BCUT2D eigenvalue weighted by atomic mass is 19.1. The number of rotatable bonds is 8. The summed E-state index contributed by atoms with van der Waals surface area (Å²) in [5.74, 6) is -1.78. The van der Waals surface area contributed by atoms with Crippen LogP contribution < -0.4 is 26.0 Å². The van der Waals surface area contributed by atoms with Crippen LogP contribution in [0.2, 0.25) is 0 Å². The number of aromatic amines is 1. The van der Waals surface area contributed by atoms with Gasteiger partial charge in [-0.25, -0.2) is 13.8 Å². The molecule has 202 valence electrons. The normalized spacial score (nSPS) is 12.6. The van der Waals surface area contributed by atoms with Crippen molar-refractivity contribution >= 4 is 40.6 Å². The van der Waals surface area contributed by atoms with Crippen LogP contribution in [0.5, 0.6) is 5.75 Å². The van der Waals surface area contributed by atoms with Gasteiger partial charge >= 0.3 is 0 Å². The van der Waals surface area contributed by atoms with Gasteiger partial charge in [0, 0.05) is 12.2 Å². The molecule has 0 bridgehead atoms. The van der Waals surface area contributed by atoms with Crippen molar-refractivity contribution in [2.75, 3.05) is 49.8 Å². The van der Waals surface area contributed by atoms with Crippen LogP contribution in [0, 0.1) is 11.6 Å². The van der Waals surface area contributed by atoms with Gasteiger partial charge in [-0.05, 0) is 50.3 Å². The molecule has 3 heterocycles. The van der Waals surface area contributed by atoms with Gasteiger partial charge in [0.05, 0.1) is 42.4 Å². The van der Waals surface area contributed by atoms with E-state index in [1.807, 2.05) is 20.2 Å². The quantitative estimate of drug-likeness (QED) is 0.269. The molecule has 11 nitrogen and oxygen atoms in total. The van der Waals surface area contributed by atoms with E-state index in [0.717, 1.165) is 23.5 Å². The third-order valence-corrected chi connectivity index (χ3v) is 6.29. The summed E-state index contributed by atoms with van der Waals surface area (Å²) in [5.41, 5.74) is 7.19. The lowest BCUT2D eigenvalue weighted by Crippen LogP contribution is -2.36. The van der Waals surface area contributed by atoms with Crippen LogP contribution in [0.3, 0.4) is 0 Å². The summed E-state index contributed by atoms with van der Waals surface area (Å²) in [7, 11) is 5.18. The molecule has 0 saturated carbocycles. The Labute approximate surface area is 222 Å². The van der Waals surface area contributed by atoms with E-state index in [1.54, 1.807) is 15.9 Å². The number of benzene rings is 2. The maximum atomic E-state index is 14.7. The summed E-state index contributed by atoms with van der Waals surface area (Å²) >= 11 is 0. The number of nitrogens with two attached hydrogens (primary N) is 1. The molecule has 13 heteroatoms. The maximum absolute atomic E-state index is 14.7. The number of fused-ring (bicyclic) bond motifs is 2. The van der Waals surface area contributed by atoms with Crippen molar-refractivity contribution < 1.29 is 23.1 Å². The number of hydrogen-bond donors (Lipinski definition) is 4. The lowest BCUT2D eigenvalue weighted by atomic mass is 10.1. The van der Waals surface area contributed by atoms with Crippen LogP contribution >= 0.6 is 0 Å². The first-order valence-electron chi connectivity index (χ1n) is 12.0. The van der Waals surface area contributed by atoms with E-state index in [4.69, 9.17) is 10.5 Å². The largest absolute Gasteiger partial charge is 0.495 e. The third kappa shape index (κ3) is 4.91. The summed E-state index contributed by atoms with van der Waals surface area (Å²) in [4.78, 5) is 39.7. The van der Waals surface area contributed by atoms with E-state index in [-0.39, 0.29) is 41.3 Å². The van der Waals surface area contributed by atoms with Crippen LogP contribution in [0.1, 0.15) is 15.9 Å². The van der Waals surface area contributed by atoms with Crippen molar-refractivity contribution in [2.24, 2.45) is 5.73 Å². The Hall–Kier alpha value is -4.78. The third-order valence-electron chi connectivity index (χ3n) is 6.29. The number of primary amides is 1. The van der Waals surface area contributed by atoms with Gasteiger partial charge in [-0.2, -0.15) is 4.98 Å². The van der Waals surface area contributed by atoms with Gasteiger partial charge in [0.15, 0.2) is 5.82 Å². The number of hydrogen-bond acceptors (Lipinski definition) is 8. The SMILES string of the molecule is COc1cc2c(cc1Nc1nc(Nc3cccc(F)c3C(N)=O)c3c(F)cnc-3[nH]1)N(C(=O)CN(C)C)CC2. The highest BCUT2D eigenvalue weighted by Gasteiger charge is 2.28. The molecule has 0 fully saturated rings. The van der Waals surface area contributed by atoms with Crippen molar-refractivity contribution in [2.45, 2.75) is 6.42 Å². The molecule has 2 amide bonds. The van der Waals surface area contributed by atoms with Crippen LogP contribution in [-0.2, 0) is 11.2 Å². The van der Waals surface area contributed by atoms with Crippen LogP contribution in [0.25, 0.3) is 11.4 Å². The molecule has 0 aromatic heterocycles. The number of anilines is 5. The number of halogens is 2. The number of ether oxygens (including phenoxy) is 1. The number of H-pyrrole nitrogens is 1. The average Bonchev–Trinajstić information content (AvgIpc) is 3.46. The van der Waals surface area contributed by atoms with E-state index in [0.29, 0.717) is 24.4 Å². The minimum atomic E-state index is -0.995. The number of methoxy groups -OCH3 is 1. The fraction of sp³-hybridized carbons (Fsp3) is 0.231. The van der Waals surface area contributed by atoms with Crippen LogP contribution in [-0.4, -0.2) is 66.0 Å². The topological polar surface area (TPSA) is 142 Å². The van der Waals surface area contributed by atoms with Gasteiger partial charge in [-0.3, -0.25) is 9.59 Å². The molecule has 0 atom stereocenters. The molecule has 0 aliphatic carbocycles. The summed E-state index contributed by atoms with van der Waals surface area (Å²) in [6, 6.07) is 7.55. The fourth-order valence-electron chi connectivity index (χ4n) is 4.57. The van der Waals surface area contributed by atoms with Crippen molar-refractivity contribution in [3.63, 3.8) is 0 Å². The second-order valence-electron chi connectivity index (χ2n) is 9.25. The Kier molecular flexibility index (Phi) is 6.74. The Morgan fingerprint density at radius 3 is 2.69 bits per heavy atom. The van der Waals surface area contributed by atoms with Gasteiger partial charge in [0.25, 0.3) is 5.91 Å². The van der Waals surface area contributed by atoms with Crippen molar-refractivity contribution in [3.8, 4) is 17.1 Å². The molecule has 3 aliphatic rings. The lowest BCUT2D eigenvalue weighted by molar-refractivity contribution is -0.119. The zero-order valence-corrected chi connectivity index (χ0v) is 21.4. The van der Waals surface area contributed by atoms with Gasteiger partial charge in [-0.1, -0.05) is 6.07 Å². The Balaban J connectivity index is 1.54. The number of nitrogens with one attached hydrogen (secondary N) is 3. The Morgan fingerprint density at radius 2 is 1.97 bits per heavy atom. The molecule has 39 heavy (non-hydrogen) atoms. The zero-order chi connectivity index (χ0) is 27.8. The molecule has 5 N–H and O–H groups in total. The Bertz CT molecular complexity index is 1550. The molecule has 0 saturated heterocycles.